The second-order valence-electron chi connectivity index (χ2n) is 4.06. The highest BCUT2D eigenvalue weighted by Gasteiger charge is 2.28. The highest BCUT2D eigenvalue weighted by molar-refractivity contribution is 7.89. The molecule has 0 spiro atoms. The first-order valence-corrected chi connectivity index (χ1v) is 6.79. The van der Waals surface area contributed by atoms with E-state index in [2.05, 4.69) is 19.2 Å². The molecule has 4 nitrogen and oxygen atoms in total. The molecule has 0 aromatic heterocycles. The van der Waals surface area contributed by atoms with Crippen molar-refractivity contribution in [2.75, 3.05) is 25.4 Å². The largest absolute Gasteiger partial charge is 0.311 e. The van der Waals surface area contributed by atoms with Gasteiger partial charge in [-0.2, -0.15) is 4.31 Å². The van der Waals surface area contributed by atoms with E-state index in [4.69, 9.17) is 0 Å². The van der Waals surface area contributed by atoms with Gasteiger partial charge >= 0.3 is 0 Å². The van der Waals surface area contributed by atoms with Crippen LogP contribution in [0.25, 0.3) is 0 Å². The highest BCUT2D eigenvalue weighted by atomic mass is 35.5. The van der Waals surface area contributed by atoms with E-state index in [0.717, 1.165) is 6.54 Å². The van der Waals surface area contributed by atoms with Crippen LogP contribution >= 0.6 is 12.4 Å². The maximum atomic E-state index is 11.6. The summed E-state index contributed by atoms with van der Waals surface area (Å²) in [7, 11) is -2.99. The molecule has 0 bridgehead atoms. The van der Waals surface area contributed by atoms with Gasteiger partial charge in [-0.3, -0.25) is 0 Å². The van der Waals surface area contributed by atoms with Crippen LogP contribution in [-0.2, 0) is 10.0 Å². The summed E-state index contributed by atoms with van der Waals surface area (Å²) < 4.78 is 24.8. The van der Waals surface area contributed by atoms with Gasteiger partial charge in [-0.1, -0.05) is 13.8 Å². The summed E-state index contributed by atoms with van der Waals surface area (Å²) in [6.07, 6.45) is 0. The summed E-state index contributed by atoms with van der Waals surface area (Å²) in [6, 6.07) is 0.296. The van der Waals surface area contributed by atoms with Crippen LogP contribution in [0.3, 0.4) is 0 Å². The Bertz CT molecular complexity index is 280. The molecule has 0 unspecified atom stereocenters. The minimum Gasteiger partial charge on any atom is -0.311 e. The van der Waals surface area contributed by atoms with E-state index in [1.807, 2.05) is 0 Å². The van der Waals surface area contributed by atoms with Crippen molar-refractivity contribution in [2.24, 2.45) is 5.92 Å². The van der Waals surface area contributed by atoms with Gasteiger partial charge in [-0.15, -0.1) is 12.4 Å². The SMILES string of the molecule is CCS(=O)(=O)N1CCN[C@@H](C(C)C)C1.Cl. The molecule has 1 N–H and O–H groups in total. The lowest BCUT2D eigenvalue weighted by Gasteiger charge is -2.34. The third-order valence-corrected chi connectivity index (χ3v) is 4.58. The second kappa shape index (κ2) is 6.03. The topological polar surface area (TPSA) is 49.4 Å². The Morgan fingerprint density at radius 3 is 2.53 bits per heavy atom. The molecule has 0 radical (unpaired) electrons. The average molecular weight is 257 g/mol. The maximum Gasteiger partial charge on any atom is 0.213 e. The minimum absolute atomic E-state index is 0. The second-order valence-corrected chi connectivity index (χ2v) is 6.32. The van der Waals surface area contributed by atoms with Crippen LogP contribution in [-0.4, -0.2) is 44.2 Å². The van der Waals surface area contributed by atoms with Gasteiger partial charge in [0, 0.05) is 25.7 Å². The van der Waals surface area contributed by atoms with Crippen molar-refractivity contribution in [3.8, 4) is 0 Å². The summed E-state index contributed by atoms with van der Waals surface area (Å²) in [6.45, 7) is 7.91. The van der Waals surface area contributed by atoms with Gasteiger partial charge in [0.05, 0.1) is 5.75 Å². The van der Waals surface area contributed by atoms with Gasteiger partial charge in [-0.05, 0) is 12.8 Å². The molecule has 0 aliphatic carbocycles. The molecule has 1 fully saturated rings. The lowest BCUT2D eigenvalue weighted by Crippen LogP contribution is -2.54. The highest BCUT2D eigenvalue weighted by Crippen LogP contribution is 2.11. The lowest BCUT2D eigenvalue weighted by molar-refractivity contribution is 0.256. The summed E-state index contributed by atoms with van der Waals surface area (Å²) in [4.78, 5) is 0. The monoisotopic (exact) mass is 256 g/mol. The third-order valence-electron chi connectivity index (χ3n) is 2.73. The van der Waals surface area contributed by atoms with Crippen molar-refractivity contribution in [1.82, 2.24) is 9.62 Å². The number of nitrogens with zero attached hydrogens (tertiary/aromatic N) is 1. The smallest absolute Gasteiger partial charge is 0.213 e. The molecular formula is C9H21ClN2O2S. The molecule has 1 saturated heterocycles. The molecule has 0 amide bonds. The molecule has 15 heavy (non-hydrogen) atoms. The Kier molecular flexibility index (Phi) is 6.10. The van der Waals surface area contributed by atoms with Gasteiger partial charge in [-0.25, -0.2) is 8.42 Å². The van der Waals surface area contributed by atoms with Crippen LogP contribution in [0.1, 0.15) is 20.8 Å². The summed E-state index contributed by atoms with van der Waals surface area (Å²) in [5.41, 5.74) is 0. The van der Waals surface area contributed by atoms with E-state index in [1.165, 1.54) is 0 Å². The zero-order chi connectivity index (χ0) is 10.8. The van der Waals surface area contributed by atoms with Crippen LogP contribution in [0.5, 0.6) is 0 Å². The predicted molar refractivity (Wildman–Crippen MR) is 64.9 cm³/mol. The summed E-state index contributed by atoms with van der Waals surface area (Å²) in [5.74, 6) is 0.683. The van der Waals surface area contributed by atoms with E-state index in [1.54, 1.807) is 11.2 Å². The van der Waals surface area contributed by atoms with Gasteiger partial charge in [0.25, 0.3) is 0 Å². The van der Waals surface area contributed by atoms with Crippen molar-refractivity contribution >= 4 is 22.4 Å². The van der Waals surface area contributed by atoms with Crippen molar-refractivity contribution in [3.05, 3.63) is 0 Å². The Balaban J connectivity index is 0.00000196. The van der Waals surface area contributed by atoms with Gasteiger partial charge in [0.1, 0.15) is 0 Å². The van der Waals surface area contributed by atoms with E-state index >= 15 is 0 Å². The van der Waals surface area contributed by atoms with Crippen LogP contribution in [0.2, 0.25) is 0 Å². The number of hydrogen-bond acceptors (Lipinski definition) is 3. The Morgan fingerprint density at radius 1 is 1.47 bits per heavy atom. The molecule has 92 valence electrons. The van der Waals surface area contributed by atoms with Crippen LogP contribution in [0.4, 0.5) is 0 Å². The maximum absolute atomic E-state index is 11.6. The van der Waals surface area contributed by atoms with E-state index < -0.39 is 10.0 Å². The van der Waals surface area contributed by atoms with E-state index in [-0.39, 0.29) is 18.2 Å². The zero-order valence-electron chi connectivity index (χ0n) is 9.56. The number of rotatable bonds is 3. The van der Waals surface area contributed by atoms with Crippen LogP contribution in [0, 0.1) is 5.92 Å². The molecule has 1 rings (SSSR count). The fraction of sp³-hybridized carbons (Fsp3) is 1.00. The Labute approximate surface area is 98.9 Å². The van der Waals surface area contributed by atoms with Crippen molar-refractivity contribution in [3.63, 3.8) is 0 Å². The molecule has 0 aromatic rings. The molecule has 0 saturated carbocycles. The molecule has 1 heterocycles. The molecule has 1 aliphatic rings. The van der Waals surface area contributed by atoms with Crippen LogP contribution < -0.4 is 5.32 Å². The molecule has 6 heteroatoms. The molecule has 0 aromatic carbocycles. The Hall–Kier alpha value is 0.160. The quantitative estimate of drug-likeness (QED) is 0.808. The Morgan fingerprint density at radius 2 is 2.07 bits per heavy atom. The summed E-state index contributed by atoms with van der Waals surface area (Å²) >= 11 is 0. The lowest BCUT2D eigenvalue weighted by atomic mass is 10.0. The number of nitrogens with one attached hydrogen (secondary N) is 1. The number of sulfonamides is 1. The first-order chi connectivity index (χ1) is 6.47. The minimum atomic E-state index is -2.99. The first kappa shape index (κ1) is 15.2. The van der Waals surface area contributed by atoms with Gasteiger partial charge in [0.2, 0.25) is 10.0 Å². The predicted octanol–water partition coefficient (Wildman–Crippen LogP) is 0.688. The third kappa shape index (κ3) is 3.90. The molecule has 1 atom stereocenters. The normalized spacial score (nSPS) is 23.9. The number of hydrogen-bond donors (Lipinski definition) is 1. The van der Waals surface area contributed by atoms with Gasteiger partial charge < -0.3 is 5.32 Å². The van der Waals surface area contributed by atoms with Crippen molar-refractivity contribution in [2.45, 2.75) is 26.8 Å². The average Bonchev–Trinajstić information content (AvgIpc) is 2.18. The van der Waals surface area contributed by atoms with Crippen molar-refractivity contribution in [1.29, 1.82) is 0 Å². The van der Waals surface area contributed by atoms with Gasteiger partial charge in [0.15, 0.2) is 0 Å². The zero-order valence-corrected chi connectivity index (χ0v) is 11.2. The van der Waals surface area contributed by atoms with Crippen LogP contribution in [0.15, 0.2) is 0 Å². The standard InChI is InChI=1S/C9H20N2O2S.ClH/c1-4-14(12,13)11-6-5-10-9(7-11)8(2)3;/h8-10H,4-7H2,1-3H3;1H/t9-;/m1./s1. The fourth-order valence-corrected chi connectivity index (χ4v) is 2.75. The van der Waals surface area contributed by atoms with E-state index in [9.17, 15) is 8.42 Å². The number of piperazine rings is 1. The first-order valence-electron chi connectivity index (χ1n) is 5.18. The molecule has 1 aliphatic heterocycles. The van der Waals surface area contributed by atoms with Crippen molar-refractivity contribution < 1.29 is 8.42 Å². The van der Waals surface area contributed by atoms with E-state index in [0.29, 0.717) is 25.0 Å². The fourth-order valence-electron chi connectivity index (χ4n) is 1.63. The molecular weight excluding hydrogens is 236 g/mol. The summed E-state index contributed by atoms with van der Waals surface area (Å²) in [5, 5.41) is 3.34. The number of halogens is 1.